The number of benzene rings is 1. The maximum Gasteiger partial charge on any atom is 0.317 e. The van der Waals surface area contributed by atoms with Crippen molar-refractivity contribution in [3.63, 3.8) is 0 Å². The van der Waals surface area contributed by atoms with E-state index in [0.717, 1.165) is 17.0 Å². The summed E-state index contributed by atoms with van der Waals surface area (Å²) in [7, 11) is 1.64. The summed E-state index contributed by atoms with van der Waals surface area (Å²) in [5, 5.41) is 6.40. The number of amides is 2. The summed E-state index contributed by atoms with van der Waals surface area (Å²) in [5.41, 5.74) is 1.78. The number of carbonyl (C=O) groups is 1. The monoisotopic (exact) mass is 441 g/mol. The van der Waals surface area contributed by atoms with E-state index in [4.69, 9.17) is 18.9 Å². The van der Waals surface area contributed by atoms with Crippen LogP contribution in [-0.2, 0) is 14.2 Å². The van der Waals surface area contributed by atoms with Gasteiger partial charge in [0, 0.05) is 24.8 Å². The van der Waals surface area contributed by atoms with Gasteiger partial charge in [0.1, 0.15) is 18.0 Å². The number of nitrogens with zero attached hydrogens (tertiary/aromatic N) is 3. The molecule has 10 heteroatoms. The fourth-order valence-corrected chi connectivity index (χ4v) is 4.28. The average Bonchev–Trinajstić information content (AvgIpc) is 3.43. The Kier molecular flexibility index (Phi) is 6.06. The molecule has 0 saturated carbocycles. The zero-order valence-electron chi connectivity index (χ0n) is 17.9. The molecule has 1 aromatic heterocycles. The highest BCUT2D eigenvalue weighted by molar-refractivity contribution is 5.74. The van der Waals surface area contributed by atoms with Crippen LogP contribution < -0.4 is 15.4 Å². The van der Waals surface area contributed by atoms with Gasteiger partial charge in [-0.15, -0.1) is 0 Å². The molecule has 2 amide bonds. The summed E-state index contributed by atoms with van der Waals surface area (Å²) in [4.78, 5) is 23.3. The first-order valence-electron chi connectivity index (χ1n) is 10.8. The number of rotatable bonds is 5. The maximum absolute atomic E-state index is 12.5. The molecule has 0 unspecified atom stereocenters. The number of urea groups is 1. The van der Waals surface area contributed by atoms with E-state index in [9.17, 15) is 4.79 Å². The molecule has 0 aliphatic carbocycles. The van der Waals surface area contributed by atoms with Gasteiger partial charge < -0.3 is 34.5 Å². The van der Waals surface area contributed by atoms with E-state index in [1.54, 1.807) is 18.2 Å². The predicted molar refractivity (Wildman–Crippen MR) is 116 cm³/mol. The molecule has 0 radical (unpaired) electrons. The fraction of sp³-hybridized carbons (Fsp3) is 0.500. The van der Waals surface area contributed by atoms with Gasteiger partial charge in [0.05, 0.1) is 51.3 Å². The topological polar surface area (TPSA) is 107 Å². The molecule has 3 aliphatic rings. The lowest BCUT2D eigenvalue weighted by atomic mass is 10.1. The lowest BCUT2D eigenvalue weighted by Gasteiger charge is -2.29. The van der Waals surface area contributed by atoms with E-state index < -0.39 is 0 Å². The van der Waals surface area contributed by atoms with Crippen LogP contribution in [0.25, 0.3) is 11.3 Å². The molecule has 4 heterocycles. The molecule has 3 aliphatic heterocycles. The zero-order chi connectivity index (χ0) is 21.9. The van der Waals surface area contributed by atoms with Crippen LogP contribution in [0.4, 0.5) is 10.7 Å². The molecule has 4 atom stereocenters. The minimum Gasteiger partial charge on any atom is -0.497 e. The molecule has 1 aromatic carbocycles. The summed E-state index contributed by atoms with van der Waals surface area (Å²) >= 11 is 0. The van der Waals surface area contributed by atoms with Crippen LogP contribution in [0.1, 0.15) is 0 Å². The van der Waals surface area contributed by atoms with Gasteiger partial charge in [0.25, 0.3) is 0 Å². The molecule has 0 spiro atoms. The number of methoxy groups -OCH3 is 1. The van der Waals surface area contributed by atoms with E-state index in [-0.39, 0.29) is 30.3 Å². The van der Waals surface area contributed by atoms with Crippen molar-refractivity contribution in [2.75, 3.05) is 51.9 Å². The van der Waals surface area contributed by atoms with Crippen molar-refractivity contribution in [1.82, 2.24) is 20.2 Å². The van der Waals surface area contributed by atoms with E-state index in [0.29, 0.717) is 45.5 Å². The zero-order valence-corrected chi connectivity index (χ0v) is 17.9. The van der Waals surface area contributed by atoms with Crippen molar-refractivity contribution in [3.8, 4) is 17.0 Å². The van der Waals surface area contributed by atoms with Crippen molar-refractivity contribution in [3.05, 3.63) is 36.5 Å². The van der Waals surface area contributed by atoms with Gasteiger partial charge in [-0.1, -0.05) is 0 Å². The Bertz CT molecular complexity index is 937. The van der Waals surface area contributed by atoms with Gasteiger partial charge in [-0.05, 0) is 30.3 Å². The van der Waals surface area contributed by atoms with Gasteiger partial charge in [0.15, 0.2) is 0 Å². The van der Waals surface area contributed by atoms with Crippen molar-refractivity contribution in [2.45, 2.75) is 24.3 Å². The predicted octanol–water partition coefficient (Wildman–Crippen LogP) is 1.14. The lowest BCUT2D eigenvalue weighted by molar-refractivity contribution is 0.0485. The van der Waals surface area contributed by atoms with E-state index in [1.165, 1.54) is 0 Å². The minimum absolute atomic E-state index is 0.0990. The fourth-order valence-electron chi connectivity index (χ4n) is 4.28. The van der Waals surface area contributed by atoms with E-state index in [1.807, 2.05) is 30.3 Å². The highest BCUT2D eigenvalue weighted by Crippen LogP contribution is 2.29. The number of anilines is 1. The van der Waals surface area contributed by atoms with Crippen molar-refractivity contribution >= 4 is 12.0 Å². The second-order valence-electron chi connectivity index (χ2n) is 8.00. The van der Waals surface area contributed by atoms with Crippen molar-refractivity contribution in [1.29, 1.82) is 0 Å². The molecule has 0 bridgehead atoms. The largest absolute Gasteiger partial charge is 0.497 e. The Balaban J connectivity index is 1.20. The Hall–Kier alpha value is -2.95. The van der Waals surface area contributed by atoms with Crippen LogP contribution >= 0.6 is 0 Å². The molecular weight excluding hydrogens is 414 g/mol. The molecule has 2 N–H and O–H groups in total. The molecule has 5 rings (SSSR count). The van der Waals surface area contributed by atoms with Crippen LogP contribution in [0.5, 0.6) is 5.75 Å². The van der Waals surface area contributed by atoms with E-state index in [2.05, 4.69) is 20.6 Å². The molecule has 3 saturated heterocycles. The highest BCUT2D eigenvalue weighted by Gasteiger charge is 2.48. The number of ether oxygens (including phenoxy) is 4. The number of morpholine rings is 1. The van der Waals surface area contributed by atoms with E-state index >= 15 is 0 Å². The van der Waals surface area contributed by atoms with Crippen LogP contribution in [-0.4, -0.2) is 91.8 Å². The Labute approximate surface area is 186 Å². The molecule has 2 aromatic rings. The Morgan fingerprint density at radius 1 is 1.06 bits per heavy atom. The van der Waals surface area contributed by atoms with Crippen LogP contribution in [0.3, 0.4) is 0 Å². The van der Waals surface area contributed by atoms with Crippen LogP contribution in [0.2, 0.25) is 0 Å². The molecule has 170 valence electrons. The maximum atomic E-state index is 12.5. The number of nitrogens with one attached hydrogen (secondary N) is 2. The smallest absolute Gasteiger partial charge is 0.317 e. The van der Waals surface area contributed by atoms with Gasteiger partial charge >= 0.3 is 6.03 Å². The summed E-state index contributed by atoms with van der Waals surface area (Å²) in [6.45, 7) is 3.20. The summed E-state index contributed by atoms with van der Waals surface area (Å²) in [6.07, 6.45) is 1.34. The van der Waals surface area contributed by atoms with Crippen molar-refractivity contribution < 1.29 is 23.7 Å². The van der Waals surface area contributed by atoms with Gasteiger partial charge in [-0.3, -0.25) is 0 Å². The number of aromatic nitrogens is 2. The van der Waals surface area contributed by atoms with Crippen LogP contribution in [0.15, 0.2) is 36.5 Å². The van der Waals surface area contributed by atoms with Crippen LogP contribution in [0, 0.1) is 0 Å². The highest BCUT2D eigenvalue weighted by atomic mass is 16.6. The number of carbonyl (C=O) groups excluding carboxylic acids is 1. The first-order chi connectivity index (χ1) is 15.7. The number of fused-ring (bicyclic) bond motifs is 1. The first kappa shape index (κ1) is 20.9. The second kappa shape index (κ2) is 9.27. The second-order valence-corrected chi connectivity index (χ2v) is 8.00. The first-order valence-corrected chi connectivity index (χ1v) is 10.8. The lowest BCUT2D eigenvalue weighted by Crippen LogP contribution is -2.52. The molecule has 32 heavy (non-hydrogen) atoms. The standard InChI is InChI=1S/C22H27N5O5/c1-29-15-4-2-14(3-5-15)16-6-7-23-21(24-16)25-17-12-31-20-18(13-32-19(17)20)26-22(28)27-8-10-30-11-9-27/h2-7,17-20H,8-13H2,1H3,(H,26,28)(H,23,24,25)/t17-,18-,19+,20+/m0/s1. The quantitative estimate of drug-likeness (QED) is 0.712. The average molecular weight is 441 g/mol. The van der Waals surface area contributed by atoms with Gasteiger partial charge in [-0.2, -0.15) is 0 Å². The van der Waals surface area contributed by atoms with Gasteiger partial charge in [0.2, 0.25) is 5.95 Å². The number of hydrogen-bond acceptors (Lipinski definition) is 8. The van der Waals surface area contributed by atoms with Crippen molar-refractivity contribution in [2.24, 2.45) is 0 Å². The normalized spacial score (nSPS) is 27.1. The summed E-state index contributed by atoms with van der Waals surface area (Å²) in [6, 6.07) is 9.20. The third-order valence-electron chi connectivity index (χ3n) is 6.02. The molecule has 10 nitrogen and oxygen atoms in total. The molecule has 3 fully saturated rings. The summed E-state index contributed by atoms with van der Waals surface area (Å²) in [5.74, 6) is 1.31. The SMILES string of the molecule is COc1ccc(-c2ccnc(N[C@H]3CO[C@H]4[C@@H]3OC[C@@H]4NC(=O)N3CCOCC3)n2)cc1. The summed E-state index contributed by atoms with van der Waals surface area (Å²) < 4.78 is 22.5. The Morgan fingerprint density at radius 3 is 2.53 bits per heavy atom. The van der Waals surface area contributed by atoms with Gasteiger partial charge in [-0.25, -0.2) is 14.8 Å². The Morgan fingerprint density at radius 2 is 1.78 bits per heavy atom. The number of hydrogen-bond donors (Lipinski definition) is 2. The third kappa shape index (κ3) is 4.34. The molecular formula is C22H27N5O5. The minimum atomic E-state index is -0.206. The third-order valence-corrected chi connectivity index (χ3v) is 6.02.